The van der Waals surface area contributed by atoms with Crippen LogP contribution >= 0.6 is 0 Å². The fourth-order valence-electron chi connectivity index (χ4n) is 5.59. The third kappa shape index (κ3) is 2.71. The highest BCUT2D eigenvalue weighted by atomic mass is 15.2. The first kappa shape index (κ1) is 19.3. The van der Waals surface area contributed by atoms with E-state index in [9.17, 15) is 0 Å². The number of hydrogen-bond acceptors (Lipinski definition) is 4. The standard InChI is InChI=1S/C29H23N5/c30-16-18-6-3-12-26-19(18)11-5-15-34(26)28-21-8-2-1-7-20(21)27-22(28)9-4-10-23(27)29-32-24-13-14-31-17-25(24)33-29/h1-10,12-15,17,28H,11,16,30H2,(H,32,33)/t28-/m1/s1. The van der Waals surface area contributed by atoms with Crippen molar-refractivity contribution in [2.75, 3.05) is 4.90 Å². The third-order valence-electron chi connectivity index (χ3n) is 7.07. The second kappa shape index (κ2) is 7.40. The molecule has 5 nitrogen and oxygen atoms in total. The van der Waals surface area contributed by atoms with Crippen molar-refractivity contribution in [3.8, 4) is 22.5 Å². The molecule has 0 amide bonds. The predicted octanol–water partition coefficient (Wildman–Crippen LogP) is 5.73. The summed E-state index contributed by atoms with van der Waals surface area (Å²) in [6.07, 6.45) is 9.00. The van der Waals surface area contributed by atoms with Gasteiger partial charge in [0.15, 0.2) is 0 Å². The minimum Gasteiger partial charge on any atom is -0.337 e. The van der Waals surface area contributed by atoms with Gasteiger partial charge in [0.25, 0.3) is 0 Å². The molecule has 5 aromatic rings. The maximum atomic E-state index is 6.08. The van der Waals surface area contributed by atoms with E-state index in [1.807, 2.05) is 12.3 Å². The predicted molar refractivity (Wildman–Crippen MR) is 136 cm³/mol. The van der Waals surface area contributed by atoms with Crippen molar-refractivity contribution in [3.63, 3.8) is 0 Å². The minimum atomic E-state index is 0.0838. The van der Waals surface area contributed by atoms with Crippen LogP contribution in [0.2, 0.25) is 0 Å². The molecule has 7 rings (SSSR count). The summed E-state index contributed by atoms with van der Waals surface area (Å²) in [6.45, 7) is 0.549. The Bertz CT molecular complexity index is 1560. The molecule has 0 unspecified atom stereocenters. The zero-order valence-corrected chi connectivity index (χ0v) is 18.6. The lowest BCUT2D eigenvalue weighted by atomic mass is 9.95. The summed E-state index contributed by atoms with van der Waals surface area (Å²) in [6, 6.07) is 23.8. The highest BCUT2D eigenvalue weighted by molar-refractivity contribution is 5.92. The summed E-state index contributed by atoms with van der Waals surface area (Å²) in [5, 5.41) is 0. The molecule has 2 aromatic heterocycles. The van der Waals surface area contributed by atoms with Crippen LogP contribution in [-0.2, 0) is 13.0 Å². The number of nitrogens with zero attached hydrogens (tertiary/aromatic N) is 3. The lowest BCUT2D eigenvalue weighted by molar-refractivity contribution is 0.813. The van der Waals surface area contributed by atoms with Crippen LogP contribution < -0.4 is 10.6 Å². The second-order valence-corrected chi connectivity index (χ2v) is 8.85. The highest BCUT2D eigenvalue weighted by Gasteiger charge is 2.36. The van der Waals surface area contributed by atoms with Gasteiger partial charge in [-0.25, -0.2) is 4.98 Å². The van der Waals surface area contributed by atoms with E-state index in [-0.39, 0.29) is 6.04 Å². The molecule has 0 fully saturated rings. The van der Waals surface area contributed by atoms with Gasteiger partial charge in [-0.15, -0.1) is 0 Å². The number of rotatable bonds is 3. The van der Waals surface area contributed by atoms with Gasteiger partial charge in [0.05, 0.1) is 23.3 Å². The summed E-state index contributed by atoms with van der Waals surface area (Å²) >= 11 is 0. The number of nitrogens with one attached hydrogen (secondary N) is 1. The van der Waals surface area contributed by atoms with E-state index in [2.05, 4.69) is 87.8 Å². The first-order chi connectivity index (χ1) is 16.8. The molecule has 0 saturated heterocycles. The SMILES string of the molecule is NCc1cccc2c1CC=CN2[C@@H]1c2ccccc2-c2c(-c3nc4ccncc4[nH]3)cccc21. The first-order valence-corrected chi connectivity index (χ1v) is 11.6. The summed E-state index contributed by atoms with van der Waals surface area (Å²) < 4.78 is 0. The number of aromatic amines is 1. The number of imidazole rings is 1. The molecule has 3 N–H and O–H groups in total. The van der Waals surface area contributed by atoms with E-state index in [1.54, 1.807) is 6.20 Å². The van der Waals surface area contributed by atoms with Gasteiger partial charge in [0, 0.05) is 30.2 Å². The van der Waals surface area contributed by atoms with Gasteiger partial charge in [0.2, 0.25) is 0 Å². The molecule has 0 spiro atoms. The molecule has 1 aliphatic carbocycles. The minimum absolute atomic E-state index is 0.0838. The molecule has 0 saturated carbocycles. The molecule has 0 bridgehead atoms. The van der Waals surface area contributed by atoms with Crippen LogP contribution in [0.5, 0.6) is 0 Å². The normalized spacial score (nSPS) is 15.9. The Morgan fingerprint density at radius 1 is 0.941 bits per heavy atom. The Morgan fingerprint density at radius 3 is 2.71 bits per heavy atom. The number of anilines is 1. The molecule has 34 heavy (non-hydrogen) atoms. The zero-order chi connectivity index (χ0) is 22.6. The van der Waals surface area contributed by atoms with Crippen molar-refractivity contribution < 1.29 is 0 Å². The van der Waals surface area contributed by atoms with Crippen LogP contribution in [0.3, 0.4) is 0 Å². The smallest absolute Gasteiger partial charge is 0.139 e. The van der Waals surface area contributed by atoms with Gasteiger partial charge in [-0.3, -0.25) is 4.98 Å². The van der Waals surface area contributed by atoms with Gasteiger partial charge in [-0.2, -0.15) is 0 Å². The van der Waals surface area contributed by atoms with Crippen LogP contribution in [0.1, 0.15) is 28.3 Å². The van der Waals surface area contributed by atoms with Crippen LogP contribution in [0, 0.1) is 0 Å². The zero-order valence-electron chi connectivity index (χ0n) is 18.6. The Labute approximate surface area is 197 Å². The van der Waals surface area contributed by atoms with Crippen molar-refractivity contribution in [2.45, 2.75) is 19.0 Å². The van der Waals surface area contributed by atoms with Gasteiger partial charge >= 0.3 is 0 Å². The van der Waals surface area contributed by atoms with Crippen molar-refractivity contribution in [3.05, 3.63) is 114 Å². The average Bonchev–Trinajstić information content (AvgIpc) is 3.47. The van der Waals surface area contributed by atoms with Crippen molar-refractivity contribution in [2.24, 2.45) is 5.73 Å². The second-order valence-electron chi connectivity index (χ2n) is 8.85. The van der Waals surface area contributed by atoms with Crippen molar-refractivity contribution >= 4 is 16.7 Å². The number of fused-ring (bicyclic) bond motifs is 5. The lowest BCUT2D eigenvalue weighted by Gasteiger charge is -2.34. The third-order valence-corrected chi connectivity index (χ3v) is 7.07. The number of hydrogen-bond donors (Lipinski definition) is 2. The molecular weight excluding hydrogens is 418 g/mol. The number of pyridine rings is 1. The Hall–Kier alpha value is -4.22. The van der Waals surface area contributed by atoms with Crippen LogP contribution in [0.4, 0.5) is 5.69 Å². The van der Waals surface area contributed by atoms with Crippen molar-refractivity contribution in [1.82, 2.24) is 15.0 Å². The molecular formula is C29H23N5. The van der Waals surface area contributed by atoms with E-state index in [0.717, 1.165) is 28.8 Å². The molecule has 3 heterocycles. The van der Waals surface area contributed by atoms with Crippen LogP contribution in [0.15, 0.2) is 91.4 Å². The summed E-state index contributed by atoms with van der Waals surface area (Å²) in [5.41, 5.74) is 17.9. The summed E-state index contributed by atoms with van der Waals surface area (Å²) in [7, 11) is 0. The number of allylic oxidation sites excluding steroid dienone is 1. The molecule has 164 valence electrons. The molecule has 5 heteroatoms. The van der Waals surface area contributed by atoms with Crippen LogP contribution in [0.25, 0.3) is 33.5 Å². The topological polar surface area (TPSA) is 70.8 Å². The van der Waals surface area contributed by atoms with E-state index >= 15 is 0 Å². The lowest BCUT2D eigenvalue weighted by Crippen LogP contribution is -2.26. The Morgan fingerprint density at radius 2 is 1.79 bits per heavy atom. The van der Waals surface area contributed by atoms with Crippen molar-refractivity contribution in [1.29, 1.82) is 0 Å². The van der Waals surface area contributed by atoms with E-state index in [0.29, 0.717) is 6.54 Å². The Kier molecular flexibility index (Phi) is 4.19. The summed E-state index contributed by atoms with van der Waals surface area (Å²) in [4.78, 5) is 15.0. The number of benzene rings is 3. The number of aromatic nitrogens is 3. The van der Waals surface area contributed by atoms with Crippen LogP contribution in [-0.4, -0.2) is 15.0 Å². The molecule has 1 aliphatic heterocycles. The quantitative estimate of drug-likeness (QED) is 0.375. The Balaban J connectivity index is 1.45. The van der Waals surface area contributed by atoms with E-state index in [4.69, 9.17) is 10.7 Å². The summed E-state index contributed by atoms with van der Waals surface area (Å²) in [5.74, 6) is 0.871. The monoisotopic (exact) mass is 441 g/mol. The maximum absolute atomic E-state index is 6.08. The fourth-order valence-corrected chi connectivity index (χ4v) is 5.59. The molecule has 2 aliphatic rings. The van der Waals surface area contributed by atoms with Gasteiger partial charge < -0.3 is 15.6 Å². The van der Waals surface area contributed by atoms with E-state index < -0.39 is 0 Å². The molecule has 0 radical (unpaired) electrons. The number of H-pyrrole nitrogens is 1. The highest BCUT2D eigenvalue weighted by Crippen LogP contribution is 2.52. The number of nitrogens with two attached hydrogens (primary N) is 1. The fraction of sp³-hybridized carbons (Fsp3) is 0.103. The first-order valence-electron chi connectivity index (χ1n) is 11.6. The largest absolute Gasteiger partial charge is 0.337 e. The molecule has 1 atom stereocenters. The van der Waals surface area contributed by atoms with Gasteiger partial charge in [-0.1, -0.05) is 60.7 Å². The maximum Gasteiger partial charge on any atom is 0.139 e. The molecule has 3 aromatic carbocycles. The van der Waals surface area contributed by atoms with E-state index in [1.165, 1.54) is 39.1 Å². The van der Waals surface area contributed by atoms with Gasteiger partial charge in [0.1, 0.15) is 5.82 Å². The average molecular weight is 442 g/mol. The van der Waals surface area contributed by atoms with Gasteiger partial charge in [-0.05, 0) is 51.9 Å².